The Bertz CT molecular complexity index is 746. The van der Waals surface area contributed by atoms with Crippen LogP contribution in [0.25, 0.3) is 10.9 Å². The van der Waals surface area contributed by atoms with E-state index in [0.717, 1.165) is 22.9 Å². The van der Waals surface area contributed by atoms with Crippen molar-refractivity contribution in [1.29, 1.82) is 0 Å². The zero-order valence-electron chi connectivity index (χ0n) is 11.2. The third-order valence-electron chi connectivity index (χ3n) is 3.64. The summed E-state index contributed by atoms with van der Waals surface area (Å²) in [5.41, 5.74) is 1.89. The molecule has 0 amide bonds. The number of hydrogen-bond acceptors (Lipinski definition) is 0. The van der Waals surface area contributed by atoms with Crippen molar-refractivity contribution in [2.24, 2.45) is 0 Å². The SMILES string of the molecule is CCC(c1cccc(F)c1)n1ccc2cc(F)ccc21. The molecule has 0 spiro atoms. The molecule has 0 N–H and O–H groups in total. The molecule has 0 aliphatic carbocycles. The zero-order chi connectivity index (χ0) is 14.1. The van der Waals surface area contributed by atoms with Gasteiger partial charge in [0.2, 0.25) is 0 Å². The van der Waals surface area contributed by atoms with Crippen LogP contribution < -0.4 is 0 Å². The van der Waals surface area contributed by atoms with E-state index < -0.39 is 0 Å². The van der Waals surface area contributed by atoms with Crippen molar-refractivity contribution in [3.8, 4) is 0 Å². The highest BCUT2D eigenvalue weighted by atomic mass is 19.1. The minimum Gasteiger partial charge on any atom is -0.340 e. The van der Waals surface area contributed by atoms with E-state index in [1.165, 1.54) is 18.2 Å². The third kappa shape index (κ3) is 2.20. The van der Waals surface area contributed by atoms with Crippen molar-refractivity contribution >= 4 is 10.9 Å². The number of rotatable bonds is 3. The molecule has 0 aliphatic heterocycles. The Labute approximate surface area is 116 Å². The number of hydrogen-bond donors (Lipinski definition) is 0. The van der Waals surface area contributed by atoms with E-state index in [2.05, 4.69) is 11.5 Å². The van der Waals surface area contributed by atoms with Crippen LogP contribution in [0.15, 0.2) is 54.7 Å². The van der Waals surface area contributed by atoms with Gasteiger partial charge in [0.15, 0.2) is 0 Å². The molecule has 0 bridgehead atoms. The van der Waals surface area contributed by atoms with Gasteiger partial charge in [-0.05, 0) is 48.4 Å². The number of aromatic nitrogens is 1. The predicted octanol–water partition coefficient (Wildman–Crippen LogP) is 4.92. The average Bonchev–Trinajstić information content (AvgIpc) is 2.83. The van der Waals surface area contributed by atoms with E-state index >= 15 is 0 Å². The molecule has 0 radical (unpaired) electrons. The largest absolute Gasteiger partial charge is 0.340 e. The second kappa shape index (κ2) is 5.08. The predicted molar refractivity (Wildman–Crippen MR) is 76.7 cm³/mol. The van der Waals surface area contributed by atoms with E-state index in [1.54, 1.807) is 18.2 Å². The van der Waals surface area contributed by atoms with Gasteiger partial charge in [0.05, 0.1) is 6.04 Å². The van der Waals surface area contributed by atoms with Crippen LogP contribution in [0.4, 0.5) is 8.78 Å². The first-order valence-corrected chi connectivity index (χ1v) is 6.70. The molecule has 1 atom stereocenters. The van der Waals surface area contributed by atoms with Gasteiger partial charge in [-0.25, -0.2) is 8.78 Å². The number of halogens is 2. The summed E-state index contributed by atoms with van der Waals surface area (Å²) in [7, 11) is 0. The fraction of sp³-hybridized carbons (Fsp3) is 0.176. The standard InChI is InChI=1S/C17H15F2N/c1-2-16(12-4-3-5-14(18)10-12)20-9-8-13-11-15(19)6-7-17(13)20/h3-11,16H,2H2,1H3. The molecule has 1 heterocycles. The highest BCUT2D eigenvalue weighted by Crippen LogP contribution is 2.28. The zero-order valence-corrected chi connectivity index (χ0v) is 11.2. The Hall–Kier alpha value is -2.16. The first-order chi connectivity index (χ1) is 9.69. The van der Waals surface area contributed by atoms with Crippen molar-refractivity contribution in [3.05, 3.63) is 71.9 Å². The Morgan fingerprint density at radius 3 is 2.55 bits per heavy atom. The molecule has 0 saturated carbocycles. The average molecular weight is 271 g/mol. The molecule has 0 aliphatic rings. The van der Waals surface area contributed by atoms with Crippen LogP contribution in [-0.4, -0.2) is 4.57 Å². The summed E-state index contributed by atoms with van der Waals surface area (Å²) < 4.78 is 28.7. The van der Waals surface area contributed by atoms with Gasteiger partial charge in [0, 0.05) is 17.1 Å². The molecule has 1 unspecified atom stereocenters. The van der Waals surface area contributed by atoms with Crippen LogP contribution >= 0.6 is 0 Å². The van der Waals surface area contributed by atoms with Crippen molar-refractivity contribution in [3.63, 3.8) is 0 Å². The highest BCUT2D eigenvalue weighted by molar-refractivity contribution is 5.80. The Balaban J connectivity index is 2.12. The van der Waals surface area contributed by atoms with Gasteiger partial charge in [-0.1, -0.05) is 19.1 Å². The summed E-state index contributed by atoms with van der Waals surface area (Å²) in [5, 5.41) is 0.861. The molecule has 102 valence electrons. The molecule has 20 heavy (non-hydrogen) atoms. The Morgan fingerprint density at radius 1 is 1.00 bits per heavy atom. The molecular weight excluding hydrogens is 256 g/mol. The number of benzene rings is 2. The van der Waals surface area contributed by atoms with Crippen LogP contribution in [0.3, 0.4) is 0 Å². The maximum absolute atomic E-state index is 13.4. The first kappa shape index (κ1) is 12.9. The van der Waals surface area contributed by atoms with Crippen molar-refractivity contribution in [2.45, 2.75) is 19.4 Å². The molecule has 3 rings (SSSR count). The highest BCUT2D eigenvalue weighted by Gasteiger charge is 2.14. The fourth-order valence-corrected chi connectivity index (χ4v) is 2.71. The van der Waals surface area contributed by atoms with Crippen LogP contribution in [0.1, 0.15) is 24.9 Å². The lowest BCUT2D eigenvalue weighted by molar-refractivity contribution is 0.572. The summed E-state index contributed by atoms with van der Waals surface area (Å²) in [4.78, 5) is 0. The van der Waals surface area contributed by atoms with Crippen molar-refractivity contribution in [2.75, 3.05) is 0 Å². The van der Waals surface area contributed by atoms with Crippen LogP contribution in [0, 0.1) is 11.6 Å². The molecule has 3 heteroatoms. The molecule has 2 aromatic carbocycles. The van der Waals surface area contributed by atoms with Gasteiger partial charge in [-0.3, -0.25) is 0 Å². The van der Waals surface area contributed by atoms with Gasteiger partial charge >= 0.3 is 0 Å². The van der Waals surface area contributed by atoms with E-state index in [0.29, 0.717) is 0 Å². The minimum absolute atomic E-state index is 0.0497. The summed E-state index contributed by atoms with van der Waals surface area (Å²) in [6.07, 6.45) is 2.77. The molecule has 0 saturated heterocycles. The summed E-state index contributed by atoms with van der Waals surface area (Å²) in [5.74, 6) is -0.475. The molecule has 0 fully saturated rings. The monoisotopic (exact) mass is 271 g/mol. The smallest absolute Gasteiger partial charge is 0.123 e. The lowest BCUT2D eigenvalue weighted by Gasteiger charge is -2.19. The van der Waals surface area contributed by atoms with Crippen molar-refractivity contribution < 1.29 is 8.78 Å². The quantitative estimate of drug-likeness (QED) is 0.637. The van der Waals surface area contributed by atoms with Crippen molar-refractivity contribution in [1.82, 2.24) is 4.57 Å². The third-order valence-corrected chi connectivity index (χ3v) is 3.64. The van der Waals surface area contributed by atoms with Gasteiger partial charge in [0.1, 0.15) is 11.6 Å². The van der Waals surface area contributed by atoms with Crippen LogP contribution in [0.5, 0.6) is 0 Å². The second-order valence-corrected chi connectivity index (χ2v) is 4.91. The lowest BCUT2D eigenvalue weighted by atomic mass is 10.0. The van der Waals surface area contributed by atoms with Gasteiger partial charge in [-0.15, -0.1) is 0 Å². The van der Waals surface area contributed by atoms with E-state index in [-0.39, 0.29) is 17.7 Å². The fourth-order valence-electron chi connectivity index (χ4n) is 2.71. The molecule has 1 nitrogen and oxygen atoms in total. The summed E-state index contributed by atoms with van der Waals surface area (Å²) in [6, 6.07) is 13.3. The van der Waals surface area contributed by atoms with E-state index in [4.69, 9.17) is 0 Å². The van der Waals surface area contributed by atoms with Gasteiger partial charge in [-0.2, -0.15) is 0 Å². The summed E-state index contributed by atoms with van der Waals surface area (Å²) in [6.45, 7) is 2.06. The van der Waals surface area contributed by atoms with E-state index in [9.17, 15) is 8.78 Å². The molecule has 3 aromatic rings. The lowest BCUT2D eigenvalue weighted by Crippen LogP contribution is -2.08. The maximum Gasteiger partial charge on any atom is 0.123 e. The minimum atomic E-state index is -0.242. The van der Waals surface area contributed by atoms with Gasteiger partial charge < -0.3 is 4.57 Å². The first-order valence-electron chi connectivity index (χ1n) is 6.70. The van der Waals surface area contributed by atoms with Gasteiger partial charge in [0.25, 0.3) is 0 Å². The van der Waals surface area contributed by atoms with Crippen LogP contribution in [-0.2, 0) is 0 Å². The topological polar surface area (TPSA) is 4.93 Å². The van der Waals surface area contributed by atoms with E-state index in [1.807, 2.05) is 18.3 Å². The van der Waals surface area contributed by atoms with Crippen LogP contribution in [0.2, 0.25) is 0 Å². The normalized spacial score (nSPS) is 12.8. The Morgan fingerprint density at radius 2 is 1.80 bits per heavy atom. The maximum atomic E-state index is 13.4. The molecule has 1 aromatic heterocycles. The number of nitrogens with zero attached hydrogens (tertiary/aromatic N) is 1. The Kier molecular flexibility index (Phi) is 3.26. The second-order valence-electron chi connectivity index (χ2n) is 4.91. The molecular formula is C17H15F2N. The summed E-state index contributed by atoms with van der Waals surface area (Å²) >= 11 is 0. The number of fused-ring (bicyclic) bond motifs is 1.